The number of carbonyl (C=O) groups excluding carboxylic acids is 4. The predicted molar refractivity (Wildman–Crippen MR) is 124 cm³/mol. The van der Waals surface area contributed by atoms with Crippen LogP contribution in [0.4, 0.5) is 4.79 Å². The first-order valence-electron chi connectivity index (χ1n) is 12.3. The van der Waals surface area contributed by atoms with E-state index in [1.54, 1.807) is 17.0 Å². The van der Waals surface area contributed by atoms with Crippen molar-refractivity contribution >= 4 is 23.6 Å². The van der Waals surface area contributed by atoms with Gasteiger partial charge in [0, 0.05) is 13.1 Å². The molecule has 0 aromatic carbocycles. The lowest BCUT2D eigenvalue weighted by Crippen LogP contribution is -2.64. The van der Waals surface area contributed by atoms with Crippen molar-refractivity contribution < 1.29 is 28.3 Å². The van der Waals surface area contributed by atoms with Gasteiger partial charge in [-0.2, -0.15) is 0 Å². The van der Waals surface area contributed by atoms with Gasteiger partial charge in [0.2, 0.25) is 11.7 Å². The molecule has 0 spiro atoms. The van der Waals surface area contributed by atoms with Gasteiger partial charge in [-0.25, -0.2) is 4.79 Å². The zero-order valence-electron chi connectivity index (χ0n) is 19.9. The first-order valence-corrected chi connectivity index (χ1v) is 12.3. The zero-order chi connectivity index (χ0) is 24.4. The van der Waals surface area contributed by atoms with E-state index in [-0.39, 0.29) is 12.6 Å². The Morgan fingerprint density at radius 1 is 1.12 bits per heavy atom. The number of Topliss-reactive ketones (excluding diaryl/α,β-unsaturated/α-hetero) is 1. The molecule has 2 heterocycles. The number of ether oxygens (including phenoxy) is 1. The minimum atomic E-state index is -1.09. The maximum atomic E-state index is 13.5. The molecule has 3 rings (SSSR count). The van der Waals surface area contributed by atoms with Gasteiger partial charge in [0.05, 0.1) is 32.1 Å². The Kier molecular flexibility index (Phi) is 9.50. The molecular formula is C24H36N4O6. The molecule has 10 heteroatoms. The van der Waals surface area contributed by atoms with Gasteiger partial charge in [-0.05, 0) is 31.4 Å². The van der Waals surface area contributed by atoms with E-state index in [4.69, 9.17) is 9.15 Å². The van der Waals surface area contributed by atoms with Crippen LogP contribution < -0.4 is 16.0 Å². The van der Waals surface area contributed by atoms with Crippen LogP contribution in [0, 0.1) is 0 Å². The molecule has 1 aromatic heterocycles. The van der Waals surface area contributed by atoms with Crippen LogP contribution >= 0.6 is 0 Å². The van der Waals surface area contributed by atoms with Crippen molar-refractivity contribution in [2.45, 2.75) is 76.4 Å². The molecule has 0 radical (unpaired) electrons. The second kappa shape index (κ2) is 12.5. The van der Waals surface area contributed by atoms with Crippen LogP contribution in [0.5, 0.6) is 0 Å². The summed E-state index contributed by atoms with van der Waals surface area (Å²) >= 11 is 0. The fourth-order valence-corrected chi connectivity index (χ4v) is 4.41. The molecule has 1 aliphatic carbocycles. The minimum Gasteiger partial charge on any atom is -0.467 e. The average Bonchev–Trinajstić information content (AvgIpc) is 3.39. The van der Waals surface area contributed by atoms with Crippen molar-refractivity contribution in [3.8, 4) is 0 Å². The molecule has 0 bridgehead atoms. The van der Waals surface area contributed by atoms with Gasteiger partial charge in [0.15, 0.2) is 0 Å². The molecule has 3 N–H and O–H groups in total. The molecule has 1 aliphatic heterocycles. The van der Waals surface area contributed by atoms with Gasteiger partial charge < -0.3 is 30.0 Å². The smallest absolute Gasteiger partial charge is 0.318 e. The van der Waals surface area contributed by atoms with Crippen molar-refractivity contribution in [3.63, 3.8) is 0 Å². The molecule has 2 fully saturated rings. The lowest BCUT2D eigenvalue weighted by molar-refractivity contribution is -0.141. The maximum absolute atomic E-state index is 13.5. The number of rotatable bonds is 10. The summed E-state index contributed by atoms with van der Waals surface area (Å²) in [4.78, 5) is 53.5. The highest BCUT2D eigenvalue weighted by Gasteiger charge is 2.43. The first kappa shape index (κ1) is 25.7. The fourth-order valence-electron chi connectivity index (χ4n) is 4.41. The van der Waals surface area contributed by atoms with Gasteiger partial charge in [0.25, 0.3) is 5.91 Å². The molecule has 1 saturated heterocycles. The Hall–Kier alpha value is -2.88. The highest BCUT2D eigenvalue weighted by Crippen LogP contribution is 2.29. The van der Waals surface area contributed by atoms with Gasteiger partial charge in [0.1, 0.15) is 11.3 Å². The van der Waals surface area contributed by atoms with E-state index in [0.717, 1.165) is 25.7 Å². The normalized spacial score (nSPS) is 18.6. The van der Waals surface area contributed by atoms with Crippen LogP contribution in [0.2, 0.25) is 0 Å². The van der Waals surface area contributed by atoms with E-state index in [0.29, 0.717) is 57.7 Å². The predicted octanol–water partition coefficient (Wildman–Crippen LogP) is 1.88. The second-order valence-electron chi connectivity index (χ2n) is 8.97. The lowest BCUT2D eigenvalue weighted by Gasteiger charge is -2.39. The Balaban J connectivity index is 1.67. The Morgan fingerprint density at radius 2 is 1.85 bits per heavy atom. The van der Waals surface area contributed by atoms with Gasteiger partial charge >= 0.3 is 6.03 Å². The Morgan fingerprint density at radius 3 is 2.50 bits per heavy atom. The summed E-state index contributed by atoms with van der Waals surface area (Å²) in [5, 5.41) is 8.34. The second-order valence-corrected chi connectivity index (χ2v) is 8.97. The number of morpholine rings is 1. The van der Waals surface area contributed by atoms with Crippen LogP contribution in [-0.4, -0.2) is 66.4 Å². The Bertz CT molecular complexity index is 829. The lowest BCUT2D eigenvalue weighted by atomic mass is 9.80. The summed E-state index contributed by atoms with van der Waals surface area (Å²) in [5.74, 6) is -1.34. The minimum absolute atomic E-state index is 0.0889. The van der Waals surface area contributed by atoms with E-state index in [2.05, 4.69) is 16.0 Å². The number of unbranched alkanes of at least 4 members (excludes halogenated alkanes) is 1. The van der Waals surface area contributed by atoms with Crippen molar-refractivity contribution in [2.24, 2.45) is 0 Å². The SMILES string of the molecule is CCCC[C@H](NC(=O)C1(NC(=O)N2CCOCC2)CCCCC1)C(=O)C(=O)NCc1ccco1. The van der Waals surface area contributed by atoms with E-state index in [1.807, 2.05) is 6.92 Å². The number of nitrogens with zero attached hydrogens (tertiary/aromatic N) is 1. The average molecular weight is 477 g/mol. The summed E-state index contributed by atoms with van der Waals surface area (Å²) in [6.07, 6.45) is 6.90. The van der Waals surface area contributed by atoms with E-state index >= 15 is 0 Å². The number of furan rings is 1. The van der Waals surface area contributed by atoms with Crippen LogP contribution in [0.25, 0.3) is 0 Å². The number of urea groups is 1. The summed E-state index contributed by atoms with van der Waals surface area (Å²) in [5.41, 5.74) is -1.09. The van der Waals surface area contributed by atoms with Crippen molar-refractivity contribution in [2.75, 3.05) is 26.3 Å². The summed E-state index contributed by atoms with van der Waals surface area (Å²) < 4.78 is 10.5. The third kappa shape index (κ3) is 6.82. The number of carbonyl (C=O) groups is 4. The third-order valence-electron chi connectivity index (χ3n) is 6.48. The molecule has 188 valence electrons. The fraction of sp³-hybridized carbons (Fsp3) is 0.667. The largest absolute Gasteiger partial charge is 0.467 e. The number of hydrogen-bond donors (Lipinski definition) is 3. The molecule has 1 atom stereocenters. The number of nitrogens with one attached hydrogen (secondary N) is 3. The molecular weight excluding hydrogens is 440 g/mol. The van der Waals surface area contributed by atoms with Crippen LogP contribution in [0.1, 0.15) is 64.1 Å². The number of hydrogen-bond acceptors (Lipinski definition) is 6. The van der Waals surface area contributed by atoms with Crippen molar-refractivity contribution in [1.29, 1.82) is 0 Å². The van der Waals surface area contributed by atoms with Crippen molar-refractivity contribution in [1.82, 2.24) is 20.9 Å². The third-order valence-corrected chi connectivity index (χ3v) is 6.48. The molecule has 1 aromatic rings. The van der Waals surface area contributed by atoms with Crippen LogP contribution in [0.3, 0.4) is 0 Å². The number of amides is 4. The molecule has 1 saturated carbocycles. The van der Waals surface area contributed by atoms with E-state index < -0.39 is 29.2 Å². The van der Waals surface area contributed by atoms with Gasteiger partial charge in [-0.15, -0.1) is 0 Å². The van der Waals surface area contributed by atoms with E-state index in [1.165, 1.54) is 6.26 Å². The maximum Gasteiger partial charge on any atom is 0.318 e. The standard InChI is InChI=1S/C24H36N4O6/c1-2-3-9-19(20(29)21(30)25-17-18-8-7-14-34-18)26-22(31)24(10-5-4-6-11-24)27-23(32)28-12-15-33-16-13-28/h7-8,14,19H,2-6,9-13,15-17H2,1H3,(H,25,30)(H,26,31)(H,27,32)/t19-/m0/s1. The van der Waals surface area contributed by atoms with Gasteiger partial charge in [-0.1, -0.05) is 39.0 Å². The highest BCUT2D eigenvalue weighted by atomic mass is 16.5. The van der Waals surface area contributed by atoms with E-state index in [9.17, 15) is 19.2 Å². The first-order chi connectivity index (χ1) is 16.4. The van der Waals surface area contributed by atoms with Crippen LogP contribution in [0.15, 0.2) is 22.8 Å². The molecule has 34 heavy (non-hydrogen) atoms. The highest BCUT2D eigenvalue weighted by molar-refractivity contribution is 6.38. The van der Waals surface area contributed by atoms with Gasteiger partial charge in [-0.3, -0.25) is 14.4 Å². The molecule has 0 unspecified atom stereocenters. The zero-order valence-corrected chi connectivity index (χ0v) is 19.9. The summed E-state index contributed by atoms with van der Waals surface area (Å²) in [7, 11) is 0. The molecule has 10 nitrogen and oxygen atoms in total. The quantitative estimate of drug-likeness (QED) is 0.442. The summed E-state index contributed by atoms with van der Waals surface area (Å²) in [6, 6.07) is 2.14. The van der Waals surface area contributed by atoms with Crippen molar-refractivity contribution in [3.05, 3.63) is 24.2 Å². The van der Waals surface area contributed by atoms with Crippen LogP contribution in [-0.2, 0) is 25.7 Å². The monoisotopic (exact) mass is 476 g/mol. The Labute approximate surface area is 200 Å². The summed E-state index contributed by atoms with van der Waals surface area (Å²) in [6.45, 7) is 3.94. The topological polar surface area (TPSA) is 130 Å². The molecule has 4 amide bonds. The number of ketones is 1. The molecule has 2 aliphatic rings.